The average Bonchev–Trinajstić information content (AvgIpc) is 2.64. The van der Waals surface area contributed by atoms with Crippen LogP contribution in [0.5, 0.6) is 17.2 Å². The second kappa shape index (κ2) is 9.32. The first-order chi connectivity index (χ1) is 12.1. The Morgan fingerprint density at radius 3 is 2.32 bits per heavy atom. The summed E-state index contributed by atoms with van der Waals surface area (Å²) in [7, 11) is 3.16. The Bertz CT molecular complexity index is 733. The first-order valence-corrected chi connectivity index (χ1v) is 8.75. The second-order valence-corrected chi connectivity index (χ2v) is 6.23. The maximum absolute atomic E-state index is 12.0. The van der Waals surface area contributed by atoms with Crippen LogP contribution in [0.3, 0.4) is 0 Å². The van der Waals surface area contributed by atoms with Gasteiger partial charge >= 0.3 is 0 Å². The summed E-state index contributed by atoms with van der Waals surface area (Å²) < 4.78 is 16.9. The highest BCUT2D eigenvalue weighted by Crippen LogP contribution is 2.28. The number of ether oxygens (including phenoxy) is 3. The van der Waals surface area contributed by atoms with Crippen LogP contribution in [0.2, 0.25) is 0 Å². The van der Waals surface area contributed by atoms with Crippen LogP contribution in [0.4, 0.5) is 0 Å². The molecule has 0 spiro atoms. The zero-order valence-electron chi connectivity index (χ0n) is 14.6. The fourth-order valence-electron chi connectivity index (χ4n) is 2.27. The van der Waals surface area contributed by atoms with Crippen LogP contribution < -0.4 is 19.5 Å². The average molecular weight is 408 g/mol. The van der Waals surface area contributed by atoms with E-state index in [1.807, 2.05) is 36.4 Å². The molecule has 2 rings (SSSR count). The molecule has 0 saturated heterocycles. The van der Waals surface area contributed by atoms with E-state index in [0.29, 0.717) is 23.8 Å². The number of carbonyl (C=O) groups excluding carboxylic acids is 1. The maximum Gasteiger partial charge on any atom is 0.258 e. The fraction of sp³-hybridized carbons (Fsp3) is 0.316. The number of nitrogens with one attached hydrogen (secondary N) is 1. The predicted octanol–water partition coefficient (Wildman–Crippen LogP) is 3.72. The topological polar surface area (TPSA) is 56.8 Å². The number of halogens is 1. The van der Waals surface area contributed by atoms with Gasteiger partial charge in [0.1, 0.15) is 5.75 Å². The summed E-state index contributed by atoms with van der Waals surface area (Å²) in [5, 5.41) is 2.82. The highest BCUT2D eigenvalue weighted by atomic mass is 79.9. The number of hydrogen-bond acceptors (Lipinski definition) is 4. The molecule has 5 nitrogen and oxygen atoms in total. The summed E-state index contributed by atoms with van der Waals surface area (Å²) in [5.41, 5.74) is 2.12. The SMILES string of the molecule is CCc1ccc(OCC(=O)NCc2ccc(OC)c(OC)c2)c(Br)c1. The molecule has 1 N–H and O–H groups in total. The minimum Gasteiger partial charge on any atom is -0.493 e. The summed E-state index contributed by atoms with van der Waals surface area (Å²) in [4.78, 5) is 12.0. The molecule has 2 aromatic carbocycles. The van der Waals surface area contributed by atoms with E-state index in [-0.39, 0.29) is 12.5 Å². The van der Waals surface area contributed by atoms with Gasteiger partial charge in [0, 0.05) is 6.54 Å². The lowest BCUT2D eigenvalue weighted by atomic mass is 10.2. The minimum atomic E-state index is -0.193. The number of methoxy groups -OCH3 is 2. The van der Waals surface area contributed by atoms with Crippen LogP contribution >= 0.6 is 15.9 Å². The van der Waals surface area contributed by atoms with Crippen molar-refractivity contribution in [1.29, 1.82) is 0 Å². The molecule has 0 bridgehead atoms. The van der Waals surface area contributed by atoms with Crippen molar-refractivity contribution in [3.63, 3.8) is 0 Å². The minimum absolute atomic E-state index is 0.0443. The van der Waals surface area contributed by atoms with Crippen molar-refractivity contribution in [3.8, 4) is 17.2 Å². The van der Waals surface area contributed by atoms with Crippen LogP contribution in [0.1, 0.15) is 18.1 Å². The van der Waals surface area contributed by atoms with Crippen molar-refractivity contribution in [2.45, 2.75) is 19.9 Å². The molecule has 6 heteroatoms. The Balaban J connectivity index is 1.87. The normalized spacial score (nSPS) is 10.2. The Morgan fingerprint density at radius 2 is 1.68 bits per heavy atom. The van der Waals surface area contributed by atoms with Gasteiger partial charge in [-0.2, -0.15) is 0 Å². The lowest BCUT2D eigenvalue weighted by molar-refractivity contribution is -0.123. The molecule has 2 aromatic rings. The molecule has 0 atom stereocenters. The van der Waals surface area contributed by atoms with Crippen LogP contribution in [0, 0.1) is 0 Å². The summed E-state index contributed by atoms with van der Waals surface area (Å²) in [6.07, 6.45) is 0.949. The molecule has 0 heterocycles. The molecule has 25 heavy (non-hydrogen) atoms. The fourth-order valence-corrected chi connectivity index (χ4v) is 2.81. The number of rotatable bonds is 8. The van der Waals surface area contributed by atoms with Crippen LogP contribution in [-0.2, 0) is 17.8 Å². The Kier molecular flexibility index (Phi) is 7.13. The quantitative estimate of drug-likeness (QED) is 0.724. The monoisotopic (exact) mass is 407 g/mol. The highest BCUT2D eigenvalue weighted by Gasteiger charge is 2.08. The first-order valence-electron chi connectivity index (χ1n) is 7.96. The number of carbonyl (C=O) groups is 1. The molecule has 0 fully saturated rings. The molecule has 1 amide bonds. The molecule has 0 aliphatic carbocycles. The Hall–Kier alpha value is -2.21. The third kappa shape index (κ3) is 5.39. The van der Waals surface area contributed by atoms with Crippen molar-refractivity contribution < 1.29 is 19.0 Å². The molecular weight excluding hydrogens is 386 g/mol. The summed E-state index contributed by atoms with van der Waals surface area (Å²) >= 11 is 3.46. The van der Waals surface area contributed by atoms with Gasteiger partial charge in [0.05, 0.1) is 18.7 Å². The van der Waals surface area contributed by atoms with Gasteiger partial charge in [-0.05, 0) is 57.7 Å². The number of amides is 1. The van der Waals surface area contributed by atoms with Crippen molar-refractivity contribution >= 4 is 21.8 Å². The lowest BCUT2D eigenvalue weighted by Crippen LogP contribution is -2.28. The Labute approximate surface area is 156 Å². The summed E-state index contributed by atoms with van der Waals surface area (Å²) in [5.74, 6) is 1.74. The number of benzene rings is 2. The van der Waals surface area contributed by atoms with Crippen molar-refractivity contribution in [2.24, 2.45) is 0 Å². The van der Waals surface area contributed by atoms with E-state index in [2.05, 4.69) is 28.2 Å². The van der Waals surface area contributed by atoms with Gasteiger partial charge in [0.25, 0.3) is 5.91 Å². The van der Waals surface area contributed by atoms with Crippen molar-refractivity contribution in [2.75, 3.05) is 20.8 Å². The smallest absolute Gasteiger partial charge is 0.258 e. The van der Waals surface area contributed by atoms with Gasteiger partial charge in [-0.1, -0.05) is 19.1 Å². The van der Waals surface area contributed by atoms with Crippen LogP contribution in [0.25, 0.3) is 0 Å². The van der Waals surface area contributed by atoms with Gasteiger partial charge in [-0.25, -0.2) is 0 Å². The van der Waals surface area contributed by atoms with E-state index in [0.717, 1.165) is 16.5 Å². The molecule has 0 radical (unpaired) electrons. The van der Waals surface area contributed by atoms with Gasteiger partial charge in [-0.15, -0.1) is 0 Å². The molecule has 134 valence electrons. The zero-order valence-corrected chi connectivity index (χ0v) is 16.2. The van der Waals surface area contributed by atoms with E-state index in [4.69, 9.17) is 14.2 Å². The number of hydrogen-bond donors (Lipinski definition) is 1. The third-order valence-corrected chi connectivity index (χ3v) is 4.32. The molecular formula is C19H22BrNO4. The van der Waals surface area contributed by atoms with E-state index < -0.39 is 0 Å². The third-order valence-electron chi connectivity index (χ3n) is 3.70. The van der Waals surface area contributed by atoms with Crippen molar-refractivity contribution in [1.82, 2.24) is 5.32 Å². The zero-order chi connectivity index (χ0) is 18.2. The van der Waals surface area contributed by atoms with Gasteiger partial charge in [-0.3, -0.25) is 4.79 Å². The lowest BCUT2D eigenvalue weighted by Gasteiger charge is -2.11. The standard InChI is InChI=1S/C19H22BrNO4/c1-4-13-5-7-16(15(20)9-13)25-12-19(22)21-11-14-6-8-17(23-2)18(10-14)24-3/h5-10H,4,11-12H2,1-3H3,(H,21,22). The molecule has 0 saturated carbocycles. The summed E-state index contributed by atoms with van der Waals surface area (Å²) in [6, 6.07) is 11.4. The van der Waals surface area contributed by atoms with Crippen LogP contribution in [-0.4, -0.2) is 26.7 Å². The summed E-state index contributed by atoms with van der Waals surface area (Å²) in [6.45, 7) is 2.43. The first kappa shape index (κ1) is 19.1. The van der Waals surface area contributed by atoms with Crippen molar-refractivity contribution in [3.05, 3.63) is 52.0 Å². The number of aryl methyl sites for hydroxylation is 1. The van der Waals surface area contributed by atoms with Gasteiger partial charge < -0.3 is 19.5 Å². The van der Waals surface area contributed by atoms with E-state index in [1.165, 1.54) is 5.56 Å². The maximum atomic E-state index is 12.0. The molecule has 0 aliphatic rings. The Morgan fingerprint density at radius 1 is 1.00 bits per heavy atom. The predicted molar refractivity (Wildman–Crippen MR) is 100 cm³/mol. The van der Waals surface area contributed by atoms with E-state index in [1.54, 1.807) is 14.2 Å². The van der Waals surface area contributed by atoms with Gasteiger partial charge in [0.15, 0.2) is 18.1 Å². The second-order valence-electron chi connectivity index (χ2n) is 5.37. The van der Waals surface area contributed by atoms with E-state index >= 15 is 0 Å². The molecule has 0 unspecified atom stereocenters. The van der Waals surface area contributed by atoms with Crippen LogP contribution in [0.15, 0.2) is 40.9 Å². The van der Waals surface area contributed by atoms with Gasteiger partial charge in [0.2, 0.25) is 0 Å². The molecule has 0 aromatic heterocycles. The molecule has 0 aliphatic heterocycles. The van der Waals surface area contributed by atoms with E-state index in [9.17, 15) is 4.79 Å². The largest absolute Gasteiger partial charge is 0.493 e. The highest BCUT2D eigenvalue weighted by molar-refractivity contribution is 9.10.